The highest BCUT2D eigenvalue weighted by molar-refractivity contribution is 5.71. The number of carbonyl (C=O) groups is 3. The number of esters is 3. The van der Waals surface area contributed by atoms with Gasteiger partial charge in [0.15, 0.2) is 6.10 Å². The molecule has 1 unspecified atom stereocenters. The Morgan fingerprint density at radius 2 is 0.660 bits per heavy atom. The van der Waals surface area contributed by atoms with Gasteiger partial charge in [-0.05, 0) is 25.2 Å². The summed E-state index contributed by atoms with van der Waals surface area (Å²) in [4.78, 5) is 37.7. The van der Waals surface area contributed by atoms with Crippen LogP contribution in [0.25, 0.3) is 0 Å². The zero-order valence-electron chi connectivity index (χ0n) is 36.0. The predicted octanol–water partition coefficient (Wildman–Crippen LogP) is 14.7. The Bertz CT molecular complexity index is 798. The summed E-state index contributed by atoms with van der Waals surface area (Å²) in [5.74, 6) is 0.0134. The van der Waals surface area contributed by atoms with Crippen molar-refractivity contribution in [3.05, 3.63) is 0 Å². The van der Waals surface area contributed by atoms with Crippen LogP contribution in [0, 0.1) is 5.92 Å². The SMILES string of the molecule is CCCCCCCCCCCCCC(=O)OC[C@@H](COC(=O)CCCCCCCCCCCC)OC(=O)CCCCCCCCCCCCC(C)CC. The van der Waals surface area contributed by atoms with Crippen LogP contribution in [0.3, 0.4) is 0 Å². The highest BCUT2D eigenvalue weighted by atomic mass is 16.6. The van der Waals surface area contributed by atoms with E-state index in [2.05, 4.69) is 27.7 Å². The van der Waals surface area contributed by atoms with Crippen molar-refractivity contribution in [1.82, 2.24) is 0 Å². The van der Waals surface area contributed by atoms with Crippen LogP contribution in [0.2, 0.25) is 0 Å². The molecular formula is C47H90O6. The zero-order valence-corrected chi connectivity index (χ0v) is 36.0. The molecule has 0 radical (unpaired) electrons. The van der Waals surface area contributed by atoms with Crippen LogP contribution in [0.5, 0.6) is 0 Å². The second-order valence-corrected chi connectivity index (χ2v) is 16.3. The molecule has 0 N–H and O–H groups in total. The van der Waals surface area contributed by atoms with Crippen LogP contribution in [-0.2, 0) is 28.6 Å². The monoisotopic (exact) mass is 751 g/mol. The molecule has 0 aliphatic rings. The summed E-state index contributed by atoms with van der Waals surface area (Å²) in [6.07, 6.45) is 40.7. The Morgan fingerprint density at radius 3 is 0.981 bits per heavy atom. The Kier molecular flexibility index (Phi) is 40.3. The Morgan fingerprint density at radius 1 is 0.377 bits per heavy atom. The summed E-state index contributed by atoms with van der Waals surface area (Å²) in [5, 5.41) is 0. The number of hydrogen-bond acceptors (Lipinski definition) is 6. The van der Waals surface area contributed by atoms with E-state index < -0.39 is 6.10 Å². The topological polar surface area (TPSA) is 78.9 Å². The summed E-state index contributed by atoms with van der Waals surface area (Å²) in [6, 6.07) is 0. The van der Waals surface area contributed by atoms with Crippen molar-refractivity contribution in [2.24, 2.45) is 5.92 Å². The van der Waals surface area contributed by atoms with Gasteiger partial charge in [0.05, 0.1) is 0 Å². The first-order chi connectivity index (χ1) is 25.9. The standard InChI is InChI=1S/C47H90O6/c1-5-8-10-12-14-16-18-23-27-31-35-39-46(49)52-42-44(41-51-45(48)38-34-30-26-22-17-15-13-11-9-6-2)53-47(50)40-36-32-28-24-20-19-21-25-29-33-37-43(4)7-3/h43-44H,5-42H2,1-4H3/t43?,44-/m1/s1. The van der Waals surface area contributed by atoms with Gasteiger partial charge in [0.1, 0.15) is 13.2 Å². The van der Waals surface area contributed by atoms with Crippen LogP contribution in [0.4, 0.5) is 0 Å². The largest absolute Gasteiger partial charge is 0.462 e. The molecule has 0 fully saturated rings. The maximum Gasteiger partial charge on any atom is 0.306 e. The van der Waals surface area contributed by atoms with Gasteiger partial charge >= 0.3 is 17.9 Å². The molecule has 0 aliphatic carbocycles. The summed E-state index contributed by atoms with van der Waals surface area (Å²) in [6.45, 7) is 9.01. The van der Waals surface area contributed by atoms with Crippen LogP contribution < -0.4 is 0 Å². The van der Waals surface area contributed by atoms with Crippen molar-refractivity contribution in [2.75, 3.05) is 13.2 Å². The second-order valence-electron chi connectivity index (χ2n) is 16.3. The number of hydrogen-bond donors (Lipinski definition) is 0. The number of rotatable bonds is 42. The Hall–Kier alpha value is -1.59. The maximum absolute atomic E-state index is 12.7. The quantitative estimate of drug-likeness (QED) is 0.0351. The smallest absolute Gasteiger partial charge is 0.306 e. The van der Waals surface area contributed by atoms with E-state index in [0.717, 1.165) is 63.7 Å². The van der Waals surface area contributed by atoms with E-state index in [1.807, 2.05) is 0 Å². The molecule has 0 aromatic rings. The first-order valence-corrected chi connectivity index (χ1v) is 23.4. The first kappa shape index (κ1) is 51.4. The van der Waals surface area contributed by atoms with Gasteiger partial charge in [-0.3, -0.25) is 14.4 Å². The Labute approximate surface area is 329 Å². The van der Waals surface area contributed by atoms with Crippen LogP contribution in [0.15, 0.2) is 0 Å². The van der Waals surface area contributed by atoms with E-state index in [4.69, 9.17) is 14.2 Å². The highest BCUT2D eigenvalue weighted by Crippen LogP contribution is 2.17. The van der Waals surface area contributed by atoms with E-state index in [0.29, 0.717) is 19.3 Å². The van der Waals surface area contributed by atoms with Crippen molar-refractivity contribution < 1.29 is 28.6 Å². The number of ether oxygens (including phenoxy) is 3. The minimum absolute atomic E-state index is 0.0637. The van der Waals surface area contributed by atoms with Gasteiger partial charge in [-0.2, -0.15) is 0 Å². The van der Waals surface area contributed by atoms with Gasteiger partial charge < -0.3 is 14.2 Å². The predicted molar refractivity (Wildman–Crippen MR) is 224 cm³/mol. The lowest BCUT2D eigenvalue weighted by Gasteiger charge is -2.18. The number of carbonyl (C=O) groups excluding carboxylic acids is 3. The summed E-state index contributed by atoms with van der Waals surface area (Å²) in [7, 11) is 0. The third-order valence-electron chi connectivity index (χ3n) is 10.9. The summed E-state index contributed by atoms with van der Waals surface area (Å²) < 4.78 is 16.7. The maximum atomic E-state index is 12.7. The average molecular weight is 751 g/mol. The molecule has 0 rings (SSSR count). The fourth-order valence-electron chi connectivity index (χ4n) is 6.95. The van der Waals surface area contributed by atoms with E-state index in [1.165, 1.54) is 154 Å². The van der Waals surface area contributed by atoms with Gasteiger partial charge in [0, 0.05) is 19.3 Å². The molecule has 0 aromatic carbocycles. The third kappa shape index (κ3) is 39.9. The molecule has 6 heteroatoms. The molecule has 0 aliphatic heterocycles. The van der Waals surface area contributed by atoms with Gasteiger partial charge in [-0.1, -0.05) is 220 Å². The van der Waals surface area contributed by atoms with E-state index in [-0.39, 0.29) is 31.1 Å². The molecule has 0 bridgehead atoms. The van der Waals surface area contributed by atoms with Gasteiger partial charge in [-0.25, -0.2) is 0 Å². The van der Waals surface area contributed by atoms with E-state index in [9.17, 15) is 14.4 Å². The lowest BCUT2D eigenvalue weighted by atomic mass is 9.99. The molecule has 0 saturated carbocycles. The molecule has 0 amide bonds. The zero-order chi connectivity index (χ0) is 38.9. The van der Waals surface area contributed by atoms with Gasteiger partial charge in [0.25, 0.3) is 0 Å². The number of unbranched alkanes of at least 4 members (excludes halogenated alkanes) is 28. The fourth-order valence-corrected chi connectivity index (χ4v) is 6.95. The van der Waals surface area contributed by atoms with E-state index >= 15 is 0 Å². The molecule has 6 nitrogen and oxygen atoms in total. The molecule has 314 valence electrons. The van der Waals surface area contributed by atoms with Gasteiger partial charge in [0.2, 0.25) is 0 Å². The molecule has 0 aromatic heterocycles. The molecule has 0 saturated heterocycles. The minimum Gasteiger partial charge on any atom is -0.462 e. The summed E-state index contributed by atoms with van der Waals surface area (Å²) in [5.41, 5.74) is 0. The van der Waals surface area contributed by atoms with Crippen LogP contribution in [0.1, 0.15) is 259 Å². The van der Waals surface area contributed by atoms with Crippen LogP contribution >= 0.6 is 0 Å². The highest BCUT2D eigenvalue weighted by Gasteiger charge is 2.19. The first-order valence-electron chi connectivity index (χ1n) is 23.4. The van der Waals surface area contributed by atoms with E-state index in [1.54, 1.807) is 0 Å². The van der Waals surface area contributed by atoms with Crippen LogP contribution in [-0.4, -0.2) is 37.2 Å². The lowest BCUT2D eigenvalue weighted by molar-refractivity contribution is -0.167. The van der Waals surface area contributed by atoms with Crippen molar-refractivity contribution in [3.63, 3.8) is 0 Å². The molecule has 0 spiro atoms. The molecule has 0 heterocycles. The van der Waals surface area contributed by atoms with Crippen molar-refractivity contribution >= 4 is 17.9 Å². The van der Waals surface area contributed by atoms with Crippen molar-refractivity contribution in [2.45, 2.75) is 265 Å². The normalized spacial score (nSPS) is 12.5. The van der Waals surface area contributed by atoms with Crippen molar-refractivity contribution in [3.8, 4) is 0 Å². The molecule has 53 heavy (non-hydrogen) atoms. The fraction of sp³-hybridized carbons (Fsp3) is 0.936. The lowest BCUT2D eigenvalue weighted by Crippen LogP contribution is -2.30. The van der Waals surface area contributed by atoms with Gasteiger partial charge in [-0.15, -0.1) is 0 Å². The average Bonchev–Trinajstić information content (AvgIpc) is 3.15. The Balaban J connectivity index is 4.33. The molecular weight excluding hydrogens is 661 g/mol. The second kappa shape index (κ2) is 41.6. The summed E-state index contributed by atoms with van der Waals surface area (Å²) >= 11 is 0. The molecule has 2 atom stereocenters. The third-order valence-corrected chi connectivity index (χ3v) is 10.9. The minimum atomic E-state index is -0.759. The van der Waals surface area contributed by atoms with Crippen molar-refractivity contribution in [1.29, 1.82) is 0 Å².